The summed E-state index contributed by atoms with van der Waals surface area (Å²) in [6.45, 7) is 3.25. The molecule has 2 aromatic rings. The van der Waals surface area contributed by atoms with E-state index in [0.717, 1.165) is 41.2 Å². The molecule has 5 nitrogen and oxygen atoms in total. The molecule has 0 aliphatic carbocycles. The molecular formula is C14H16N2O3. The Balaban J connectivity index is 2.02. The quantitative estimate of drug-likeness (QED) is 0.918. The highest BCUT2D eigenvalue weighted by atomic mass is 16.6. The molecule has 0 saturated carbocycles. The maximum atomic E-state index is 5.84. The number of nitrogens with zero attached hydrogens (tertiary/aromatic N) is 1. The smallest absolute Gasteiger partial charge is 0.172 e. The van der Waals surface area contributed by atoms with Gasteiger partial charge in [0.2, 0.25) is 0 Å². The molecule has 0 atom stereocenters. The molecule has 0 saturated heterocycles. The molecule has 1 aliphatic rings. The van der Waals surface area contributed by atoms with Gasteiger partial charge >= 0.3 is 0 Å². The van der Waals surface area contributed by atoms with E-state index in [0.29, 0.717) is 19.0 Å². The van der Waals surface area contributed by atoms with Gasteiger partial charge in [-0.05, 0) is 24.6 Å². The molecule has 0 unspecified atom stereocenters. The Morgan fingerprint density at radius 3 is 2.79 bits per heavy atom. The van der Waals surface area contributed by atoms with Crippen LogP contribution < -0.4 is 15.2 Å². The molecule has 0 radical (unpaired) electrons. The van der Waals surface area contributed by atoms with Gasteiger partial charge in [0, 0.05) is 11.1 Å². The number of nitrogen functional groups attached to an aromatic ring is 1. The minimum Gasteiger partial charge on any atom is -0.486 e. The van der Waals surface area contributed by atoms with Gasteiger partial charge in [0.15, 0.2) is 23.1 Å². The molecule has 19 heavy (non-hydrogen) atoms. The van der Waals surface area contributed by atoms with Crippen molar-refractivity contribution in [3.63, 3.8) is 0 Å². The normalized spacial score (nSPS) is 13.5. The molecular weight excluding hydrogens is 244 g/mol. The summed E-state index contributed by atoms with van der Waals surface area (Å²) in [6.07, 6.45) is 1.84. The van der Waals surface area contributed by atoms with E-state index in [-0.39, 0.29) is 0 Å². The summed E-state index contributed by atoms with van der Waals surface area (Å²) in [4.78, 5) is 0. The molecule has 3 rings (SSSR count). The first kappa shape index (κ1) is 11.9. The Kier molecular flexibility index (Phi) is 3.03. The van der Waals surface area contributed by atoms with Crippen molar-refractivity contribution in [2.75, 3.05) is 18.9 Å². The van der Waals surface area contributed by atoms with Gasteiger partial charge in [-0.2, -0.15) is 0 Å². The predicted molar refractivity (Wildman–Crippen MR) is 71.3 cm³/mol. The van der Waals surface area contributed by atoms with E-state index in [1.807, 2.05) is 18.2 Å². The van der Waals surface area contributed by atoms with E-state index < -0.39 is 0 Å². The summed E-state index contributed by atoms with van der Waals surface area (Å²) < 4.78 is 16.4. The Labute approximate surface area is 111 Å². The lowest BCUT2D eigenvalue weighted by Crippen LogP contribution is -2.15. The summed E-state index contributed by atoms with van der Waals surface area (Å²) >= 11 is 0. The molecule has 5 heteroatoms. The zero-order chi connectivity index (χ0) is 13.2. The lowest BCUT2D eigenvalue weighted by atomic mass is 10.0. The third kappa shape index (κ3) is 2.12. The van der Waals surface area contributed by atoms with Gasteiger partial charge in [-0.3, -0.25) is 0 Å². The standard InChI is InChI=1S/C14H16N2O3/c1-2-3-10-13(19-16-14(10)15)9-4-5-11-12(8-9)18-7-6-17-11/h4-5,8H,2-3,6-7H2,1H3,(H2,15,16). The molecule has 0 fully saturated rings. The second-order valence-electron chi connectivity index (χ2n) is 4.48. The van der Waals surface area contributed by atoms with Crippen molar-refractivity contribution in [2.45, 2.75) is 19.8 Å². The molecule has 0 bridgehead atoms. The predicted octanol–water partition coefficient (Wildman–Crippen LogP) is 2.65. The Morgan fingerprint density at radius 1 is 1.21 bits per heavy atom. The second kappa shape index (κ2) is 4.84. The molecule has 1 aliphatic heterocycles. The first-order valence-electron chi connectivity index (χ1n) is 6.43. The summed E-state index contributed by atoms with van der Waals surface area (Å²) in [5, 5.41) is 3.85. The SMILES string of the molecule is CCCc1c(N)noc1-c1ccc2c(c1)OCCO2. The largest absolute Gasteiger partial charge is 0.486 e. The first-order chi connectivity index (χ1) is 9.29. The van der Waals surface area contributed by atoms with Crippen molar-refractivity contribution in [3.8, 4) is 22.8 Å². The molecule has 2 heterocycles. The van der Waals surface area contributed by atoms with E-state index >= 15 is 0 Å². The maximum Gasteiger partial charge on any atom is 0.172 e. The second-order valence-corrected chi connectivity index (χ2v) is 4.48. The van der Waals surface area contributed by atoms with E-state index in [9.17, 15) is 0 Å². The van der Waals surface area contributed by atoms with E-state index in [1.54, 1.807) is 0 Å². The zero-order valence-electron chi connectivity index (χ0n) is 10.8. The van der Waals surface area contributed by atoms with Crippen LogP contribution >= 0.6 is 0 Å². The lowest BCUT2D eigenvalue weighted by molar-refractivity contribution is 0.171. The molecule has 1 aromatic heterocycles. The summed E-state index contributed by atoms with van der Waals surface area (Å²) in [5.74, 6) is 2.68. The van der Waals surface area contributed by atoms with Crippen LogP contribution in [0.2, 0.25) is 0 Å². The van der Waals surface area contributed by atoms with Gasteiger partial charge in [0.05, 0.1) is 0 Å². The van der Waals surface area contributed by atoms with Gasteiger partial charge < -0.3 is 19.7 Å². The summed E-state index contributed by atoms with van der Waals surface area (Å²) in [6, 6.07) is 5.73. The van der Waals surface area contributed by atoms with Crippen molar-refractivity contribution < 1.29 is 14.0 Å². The molecule has 0 spiro atoms. The van der Waals surface area contributed by atoms with Crippen LogP contribution in [0.1, 0.15) is 18.9 Å². The highest BCUT2D eigenvalue weighted by molar-refractivity contribution is 5.69. The third-order valence-electron chi connectivity index (χ3n) is 3.12. The highest BCUT2D eigenvalue weighted by Crippen LogP contribution is 2.36. The number of anilines is 1. The number of rotatable bonds is 3. The van der Waals surface area contributed by atoms with Gasteiger partial charge in [-0.15, -0.1) is 0 Å². The van der Waals surface area contributed by atoms with Crippen molar-refractivity contribution >= 4 is 5.82 Å². The number of ether oxygens (including phenoxy) is 2. The van der Waals surface area contributed by atoms with Gasteiger partial charge in [0.1, 0.15) is 13.2 Å². The van der Waals surface area contributed by atoms with E-state index in [2.05, 4.69) is 12.1 Å². The Hall–Kier alpha value is -2.17. The highest BCUT2D eigenvalue weighted by Gasteiger charge is 2.18. The lowest BCUT2D eigenvalue weighted by Gasteiger charge is -2.18. The van der Waals surface area contributed by atoms with Crippen LogP contribution in [-0.2, 0) is 6.42 Å². The maximum absolute atomic E-state index is 5.84. The van der Waals surface area contributed by atoms with Gasteiger partial charge in [-0.25, -0.2) is 0 Å². The topological polar surface area (TPSA) is 70.5 Å². The van der Waals surface area contributed by atoms with Crippen molar-refractivity contribution in [1.82, 2.24) is 5.16 Å². The number of fused-ring (bicyclic) bond motifs is 1. The number of nitrogens with two attached hydrogens (primary N) is 1. The number of hydrogen-bond acceptors (Lipinski definition) is 5. The van der Waals surface area contributed by atoms with Gasteiger partial charge in [0.25, 0.3) is 0 Å². The van der Waals surface area contributed by atoms with Gasteiger partial charge in [-0.1, -0.05) is 18.5 Å². The zero-order valence-corrected chi connectivity index (χ0v) is 10.8. The van der Waals surface area contributed by atoms with Crippen LogP contribution in [0, 0.1) is 0 Å². The van der Waals surface area contributed by atoms with Crippen LogP contribution in [0.5, 0.6) is 11.5 Å². The van der Waals surface area contributed by atoms with E-state index in [1.165, 1.54) is 0 Å². The summed E-state index contributed by atoms with van der Waals surface area (Å²) in [7, 11) is 0. The van der Waals surface area contributed by atoms with Crippen molar-refractivity contribution in [2.24, 2.45) is 0 Å². The van der Waals surface area contributed by atoms with Crippen LogP contribution in [0.4, 0.5) is 5.82 Å². The average Bonchev–Trinajstić information content (AvgIpc) is 2.80. The first-order valence-corrected chi connectivity index (χ1v) is 6.43. The fraction of sp³-hybridized carbons (Fsp3) is 0.357. The Morgan fingerprint density at radius 2 is 2.00 bits per heavy atom. The molecule has 1 aromatic carbocycles. The van der Waals surface area contributed by atoms with E-state index in [4.69, 9.17) is 19.7 Å². The minimum absolute atomic E-state index is 0.465. The Bertz CT molecular complexity index is 592. The number of benzene rings is 1. The number of hydrogen-bond donors (Lipinski definition) is 1. The fourth-order valence-electron chi connectivity index (χ4n) is 2.22. The fourth-order valence-corrected chi connectivity index (χ4v) is 2.22. The van der Waals surface area contributed by atoms with Crippen LogP contribution in [-0.4, -0.2) is 18.4 Å². The molecule has 100 valence electrons. The minimum atomic E-state index is 0.465. The van der Waals surface area contributed by atoms with Crippen LogP contribution in [0.25, 0.3) is 11.3 Å². The summed E-state index contributed by atoms with van der Waals surface area (Å²) in [5.41, 5.74) is 7.71. The third-order valence-corrected chi connectivity index (χ3v) is 3.12. The van der Waals surface area contributed by atoms with Crippen molar-refractivity contribution in [1.29, 1.82) is 0 Å². The van der Waals surface area contributed by atoms with Crippen LogP contribution in [0.3, 0.4) is 0 Å². The molecule has 0 amide bonds. The van der Waals surface area contributed by atoms with Crippen LogP contribution in [0.15, 0.2) is 22.7 Å². The average molecular weight is 260 g/mol. The molecule has 2 N–H and O–H groups in total. The number of aromatic nitrogens is 1. The van der Waals surface area contributed by atoms with Crippen molar-refractivity contribution in [3.05, 3.63) is 23.8 Å². The monoisotopic (exact) mass is 260 g/mol.